The lowest BCUT2D eigenvalue weighted by Gasteiger charge is -2.28. The first-order valence-electron chi connectivity index (χ1n) is 14.2. The highest BCUT2D eigenvalue weighted by atomic mass is 16.6. The Balaban J connectivity index is 1.16. The standard InChI is InChI=1S/C33H40N2O2/c1-22-9-14-26(28-20-33(19-27(22)28)15-5-6-16-33)24-12-10-23(11-13-24)25-18-29(34-21-25)30-8-7-17-35(30)31(36)37-32(2,3)4/h9-14,21,30H,5-8,15-20H2,1-4H3. The molecule has 1 unspecified atom stereocenters. The summed E-state index contributed by atoms with van der Waals surface area (Å²) in [6.45, 7) is 8.79. The minimum absolute atomic E-state index is 0.0425. The van der Waals surface area contributed by atoms with E-state index in [4.69, 9.17) is 9.73 Å². The molecule has 2 aromatic rings. The molecule has 1 spiro atoms. The van der Waals surface area contributed by atoms with E-state index < -0.39 is 5.60 Å². The van der Waals surface area contributed by atoms with Crippen molar-refractivity contribution in [1.29, 1.82) is 0 Å². The quantitative estimate of drug-likeness (QED) is 0.433. The Bertz CT molecular complexity index is 1270. The van der Waals surface area contributed by atoms with Crippen LogP contribution in [0.15, 0.2) is 47.6 Å². The summed E-state index contributed by atoms with van der Waals surface area (Å²) in [6.07, 6.45) is 12.6. The molecule has 1 saturated heterocycles. The summed E-state index contributed by atoms with van der Waals surface area (Å²) < 4.78 is 5.66. The van der Waals surface area contributed by atoms with Crippen LogP contribution >= 0.6 is 0 Å². The van der Waals surface area contributed by atoms with Crippen LogP contribution in [-0.2, 0) is 17.6 Å². The van der Waals surface area contributed by atoms with Gasteiger partial charge in [-0.25, -0.2) is 4.79 Å². The van der Waals surface area contributed by atoms with Gasteiger partial charge >= 0.3 is 6.09 Å². The molecule has 1 saturated carbocycles. The average Bonchev–Trinajstić information content (AvgIpc) is 3.65. The fourth-order valence-corrected chi connectivity index (χ4v) is 7.16. The number of benzene rings is 2. The van der Waals surface area contributed by atoms with Gasteiger partial charge in [-0.1, -0.05) is 49.2 Å². The molecule has 1 atom stereocenters. The van der Waals surface area contributed by atoms with Gasteiger partial charge in [0.25, 0.3) is 0 Å². The van der Waals surface area contributed by atoms with E-state index in [1.54, 1.807) is 11.1 Å². The van der Waals surface area contributed by atoms with Crippen molar-refractivity contribution in [2.24, 2.45) is 10.4 Å². The number of hydrogen-bond acceptors (Lipinski definition) is 3. The van der Waals surface area contributed by atoms with Crippen LogP contribution in [-0.4, -0.2) is 34.9 Å². The van der Waals surface area contributed by atoms with Crippen molar-refractivity contribution in [2.75, 3.05) is 6.54 Å². The summed E-state index contributed by atoms with van der Waals surface area (Å²) in [4.78, 5) is 19.4. The number of fused-ring (bicyclic) bond motifs is 1. The number of aliphatic imine (C=N–C) groups is 1. The topological polar surface area (TPSA) is 41.9 Å². The molecule has 2 aliphatic heterocycles. The van der Waals surface area contributed by atoms with Gasteiger partial charge in [-0.2, -0.15) is 0 Å². The number of carbonyl (C=O) groups excluding carboxylic acids is 1. The number of amides is 1. The SMILES string of the molecule is Cc1ccc(-c2ccc(C3=CN=C(C4CCCN4C(=O)OC(C)(C)C)C3)cc2)c2c1CC1(CCCC1)C2. The molecule has 4 nitrogen and oxygen atoms in total. The summed E-state index contributed by atoms with van der Waals surface area (Å²) >= 11 is 0. The van der Waals surface area contributed by atoms with Gasteiger partial charge in [0.05, 0.1) is 6.04 Å². The fraction of sp³-hybridized carbons (Fsp3) is 0.515. The Kier molecular flexibility index (Phi) is 6.05. The molecule has 4 aliphatic rings. The number of allylic oxidation sites excluding steroid dienone is 1. The van der Waals surface area contributed by atoms with E-state index in [0.29, 0.717) is 5.41 Å². The molecule has 6 rings (SSSR count). The van der Waals surface area contributed by atoms with E-state index in [-0.39, 0.29) is 12.1 Å². The minimum Gasteiger partial charge on any atom is -0.444 e. The van der Waals surface area contributed by atoms with Gasteiger partial charge < -0.3 is 4.74 Å². The van der Waals surface area contributed by atoms with Crippen molar-refractivity contribution in [3.05, 3.63) is 64.9 Å². The maximum absolute atomic E-state index is 12.8. The second-order valence-corrected chi connectivity index (χ2v) is 12.8. The average molecular weight is 497 g/mol. The lowest BCUT2D eigenvalue weighted by Crippen LogP contribution is -2.43. The van der Waals surface area contributed by atoms with Crippen LogP contribution in [0, 0.1) is 12.3 Å². The molecule has 2 aromatic carbocycles. The smallest absolute Gasteiger partial charge is 0.410 e. The lowest BCUT2D eigenvalue weighted by atomic mass is 9.83. The molecule has 2 fully saturated rings. The van der Waals surface area contributed by atoms with Crippen LogP contribution in [0.4, 0.5) is 4.79 Å². The largest absolute Gasteiger partial charge is 0.444 e. The first-order chi connectivity index (χ1) is 17.7. The molecule has 194 valence electrons. The van der Waals surface area contributed by atoms with E-state index in [0.717, 1.165) is 31.5 Å². The number of ether oxygens (including phenoxy) is 1. The van der Waals surface area contributed by atoms with Gasteiger partial charge in [0, 0.05) is 24.9 Å². The van der Waals surface area contributed by atoms with E-state index in [1.165, 1.54) is 66.4 Å². The number of rotatable bonds is 3. The summed E-state index contributed by atoms with van der Waals surface area (Å²) in [5, 5.41) is 0. The van der Waals surface area contributed by atoms with Gasteiger partial charge in [0.1, 0.15) is 5.60 Å². The lowest BCUT2D eigenvalue weighted by molar-refractivity contribution is 0.0265. The molecule has 4 heteroatoms. The maximum Gasteiger partial charge on any atom is 0.410 e. The third-order valence-electron chi connectivity index (χ3n) is 9.02. The molecule has 1 amide bonds. The molecule has 2 heterocycles. The van der Waals surface area contributed by atoms with E-state index in [1.807, 2.05) is 31.9 Å². The van der Waals surface area contributed by atoms with Crippen LogP contribution in [0.5, 0.6) is 0 Å². The van der Waals surface area contributed by atoms with Crippen LogP contribution in [0.25, 0.3) is 16.7 Å². The van der Waals surface area contributed by atoms with Crippen molar-refractivity contribution in [3.8, 4) is 11.1 Å². The third-order valence-corrected chi connectivity index (χ3v) is 9.02. The number of hydrogen-bond donors (Lipinski definition) is 0. The first kappa shape index (κ1) is 24.5. The third kappa shape index (κ3) is 4.64. The van der Waals surface area contributed by atoms with Crippen molar-refractivity contribution >= 4 is 17.4 Å². The van der Waals surface area contributed by atoms with E-state index >= 15 is 0 Å². The summed E-state index contributed by atoms with van der Waals surface area (Å²) in [5.41, 5.74) is 11.0. The Morgan fingerprint density at radius 3 is 2.41 bits per heavy atom. The summed E-state index contributed by atoms with van der Waals surface area (Å²) in [7, 11) is 0. The molecule has 0 radical (unpaired) electrons. The molecular weight excluding hydrogens is 456 g/mol. The van der Waals surface area contributed by atoms with E-state index in [9.17, 15) is 4.79 Å². The van der Waals surface area contributed by atoms with Gasteiger partial charge in [0.15, 0.2) is 0 Å². The van der Waals surface area contributed by atoms with Gasteiger partial charge in [-0.3, -0.25) is 9.89 Å². The van der Waals surface area contributed by atoms with Crippen LogP contribution in [0.1, 0.15) is 88.0 Å². The zero-order chi connectivity index (χ0) is 25.8. The Morgan fingerprint density at radius 1 is 0.973 bits per heavy atom. The van der Waals surface area contributed by atoms with Crippen LogP contribution in [0.3, 0.4) is 0 Å². The Morgan fingerprint density at radius 2 is 1.68 bits per heavy atom. The highest BCUT2D eigenvalue weighted by Gasteiger charge is 2.41. The molecule has 0 bridgehead atoms. The van der Waals surface area contributed by atoms with Gasteiger partial charge in [0.2, 0.25) is 0 Å². The Labute approximate surface area is 221 Å². The van der Waals surface area contributed by atoms with Crippen molar-refractivity contribution in [2.45, 2.75) is 97.1 Å². The van der Waals surface area contributed by atoms with E-state index in [2.05, 4.69) is 43.3 Å². The van der Waals surface area contributed by atoms with Gasteiger partial charge in [-0.05, 0) is 111 Å². The monoisotopic (exact) mass is 496 g/mol. The molecular formula is C33H40N2O2. The Hall–Kier alpha value is -2.88. The van der Waals surface area contributed by atoms with Gasteiger partial charge in [-0.15, -0.1) is 0 Å². The molecule has 0 aromatic heterocycles. The van der Waals surface area contributed by atoms with Crippen molar-refractivity contribution in [3.63, 3.8) is 0 Å². The molecule has 37 heavy (non-hydrogen) atoms. The normalized spacial score (nSPS) is 22.4. The molecule has 2 aliphatic carbocycles. The minimum atomic E-state index is -0.484. The fourth-order valence-electron chi connectivity index (χ4n) is 7.16. The summed E-state index contributed by atoms with van der Waals surface area (Å²) in [6, 6.07) is 13.8. The summed E-state index contributed by atoms with van der Waals surface area (Å²) in [5.74, 6) is 0. The van der Waals surface area contributed by atoms with Crippen LogP contribution < -0.4 is 0 Å². The predicted octanol–water partition coefficient (Wildman–Crippen LogP) is 7.91. The zero-order valence-corrected chi connectivity index (χ0v) is 22.9. The number of nitrogens with zero attached hydrogens (tertiary/aromatic N) is 2. The van der Waals surface area contributed by atoms with Crippen molar-refractivity contribution < 1.29 is 9.53 Å². The number of aryl methyl sites for hydroxylation is 1. The molecule has 0 N–H and O–H groups in total. The van der Waals surface area contributed by atoms with Crippen LogP contribution in [0.2, 0.25) is 0 Å². The number of likely N-dealkylation sites (tertiary alicyclic amines) is 1. The highest BCUT2D eigenvalue weighted by molar-refractivity contribution is 6.03. The second kappa shape index (κ2) is 9.15. The predicted molar refractivity (Wildman–Crippen MR) is 151 cm³/mol. The maximum atomic E-state index is 12.8. The second-order valence-electron chi connectivity index (χ2n) is 12.8. The number of carbonyl (C=O) groups is 1. The highest BCUT2D eigenvalue weighted by Crippen LogP contribution is 2.51. The van der Waals surface area contributed by atoms with Crippen molar-refractivity contribution in [1.82, 2.24) is 4.90 Å². The first-order valence-corrected chi connectivity index (χ1v) is 14.2. The zero-order valence-electron chi connectivity index (χ0n) is 22.9.